The van der Waals surface area contributed by atoms with E-state index in [2.05, 4.69) is 27.8 Å². The monoisotopic (exact) mass is 510 g/mol. The molecule has 5 nitrogen and oxygen atoms in total. The summed E-state index contributed by atoms with van der Waals surface area (Å²) in [6.07, 6.45) is 3.19. The fourth-order valence-corrected chi connectivity index (χ4v) is 4.98. The second-order valence-electron chi connectivity index (χ2n) is 7.45. The molecule has 0 aliphatic rings. The van der Waals surface area contributed by atoms with Gasteiger partial charge in [-0.3, -0.25) is 9.36 Å². The number of fused-ring (bicyclic) bond motifs is 1. The van der Waals surface area contributed by atoms with E-state index in [1.165, 1.54) is 0 Å². The maximum atomic E-state index is 13.5. The topological polar surface area (TPSA) is 61.2 Å². The highest BCUT2D eigenvalue weighted by molar-refractivity contribution is 9.10. The Labute approximate surface area is 198 Å². The third-order valence-corrected chi connectivity index (χ3v) is 6.93. The van der Waals surface area contributed by atoms with Crippen molar-refractivity contribution in [3.05, 3.63) is 85.7 Å². The van der Waals surface area contributed by atoms with Crippen molar-refractivity contribution in [1.82, 2.24) is 9.55 Å². The van der Waals surface area contributed by atoms with Gasteiger partial charge < -0.3 is 4.74 Å². The molecule has 0 amide bonds. The number of hydrogen-bond acceptors (Lipinski definition) is 5. The Hall–Kier alpha value is -2.77. The predicted octanol–water partition coefficient (Wildman–Crippen LogP) is 6.07. The molecule has 0 fully saturated rings. The summed E-state index contributed by atoms with van der Waals surface area (Å²) in [5, 5.41) is 0.648. The van der Waals surface area contributed by atoms with Crippen LogP contribution in [0.4, 0.5) is 0 Å². The van der Waals surface area contributed by atoms with E-state index < -0.39 is 0 Å². The van der Waals surface area contributed by atoms with Gasteiger partial charge in [0.2, 0.25) is 0 Å². The minimum atomic E-state index is -0.349. The van der Waals surface area contributed by atoms with Gasteiger partial charge in [0.25, 0.3) is 5.56 Å². The first-order valence-corrected chi connectivity index (χ1v) is 12.2. The van der Waals surface area contributed by atoms with Crippen LogP contribution < -0.4 is 5.56 Å². The van der Waals surface area contributed by atoms with Gasteiger partial charge in [0.15, 0.2) is 0 Å². The van der Waals surface area contributed by atoms with E-state index in [4.69, 9.17) is 4.74 Å². The number of aryl methyl sites for hydroxylation is 1. The first-order valence-electron chi connectivity index (χ1n) is 10.5. The van der Waals surface area contributed by atoms with Crippen molar-refractivity contribution < 1.29 is 9.53 Å². The lowest BCUT2D eigenvalue weighted by atomic mass is 10.0. The Morgan fingerprint density at radius 3 is 2.66 bits per heavy atom. The molecule has 32 heavy (non-hydrogen) atoms. The normalized spacial score (nSPS) is 11.1. The van der Waals surface area contributed by atoms with Crippen molar-refractivity contribution in [2.45, 2.75) is 33.2 Å². The average Bonchev–Trinajstić information content (AvgIpc) is 3.19. The number of benzene rings is 2. The predicted molar refractivity (Wildman–Crippen MR) is 133 cm³/mol. The summed E-state index contributed by atoms with van der Waals surface area (Å²) in [6.45, 7) is 4.76. The van der Waals surface area contributed by atoms with Gasteiger partial charge in [0, 0.05) is 14.9 Å². The maximum absolute atomic E-state index is 13.5. The quantitative estimate of drug-likeness (QED) is 0.283. The second kappa shape index (κ2) is 9.79. The molecule has 2 heterocycles. The van der Waals surface area contributed by atoms with Gasteiger partial charge in [-0.25, -0.2) is 9.78 Å². The van der Waals surface area contributed by atoms with Crippen LogP contribution >= 0.6 is 27.3 Å². The minimum absolute atomic E-state index is 0.0807. The summed E-state index contributed by atoms with van der Waals surface area (Å²) in [5.74, 6) is -0.349. The molecule has 7 heteroatoms. The van der Waals surface area contributed by atoms with Gasteiger partial charge in [-0.05, 0) is 48.2 Å². The van der Waals surface area contributed by atoms with Crippen molar-refractivity contribution in [2.24, 2.45) is 0 Å². The lowest BCUT2D eigenvalue weighted by molar-refractivity contribution is 0.0505. The Bertz CT molecular complexity index is 1330. The SMILES string of the molecule is CCCOC(=O)c1cccc(Cn2cnc3sc(CC)c(-c4ccc(Br)cc4)c3c2=O)c1. The first kappa shape index (κ1) is 22.4. The zero-order valence-corrected chi connectivity index (χ0v) is 20.3. The number of carbonyl (C=O) groups is 1. The molecule has 0 unspecified atom stereocenters. The number of rotatable bonds is 7. The first-order chi connectivity index (χ1) is 15.5. The van der Waals surface area contributed by atoms with E-state index in [0.29, 0.717) is 24.1 Å². The Morgan fingerprint density at radius 1 is 1.16 bits per heavy atom. The number of ether oxygens (including phenoxy) is 1. The van der Waals surface area contributed by atoms with Crippen LogP contribution in [-0.2, 0) is 17.7 Å². The highest BCUT2D eigenvalue weighted by atomic mass is 79.9. The molecule has 4 rings (SSSR count). The van der Waals surface area contributed by atoms with E-state index in [-0.39, 0.29) is 11.5 Å². The number of carbonyl (C=O) groups excluding carboxylic acids is 1. The number of esters is 1. The number of hydrogen-bond donors (Lipinski definition) is 0. The van der Waals surface area contributed by atoms with Gasteiger partial charge in [-0.1, -0.05) is 54.0 Å². The fraction of sp³-hybridized carbons (Fsp3) is 0.240. The summed E-state index contributed by atoms with van der Waals surface area (Å²) in [5.41, 5.74) is 3.22. The zero-order chi connectivity index (χ0) is 22.7. The minimum Gasteiger partial charge on any atom is -0.462 e. The molecular weight excluding hydrogens is 488 g/mol. The van der Waals surface area contributed by atoms with Gasteiger partial charge in [0.1, 0.15) is 4.83 Å². The lowest BCUT2D eigenvalue weighted by Crippen LogP contribution is -2.21. The van der Waals surface area contributed by atoms with Crippen LogP contribution in [0, 0.1) is 0 Å². The van der Waals surface area contributed by atoms with Crippen molar-refractivity contribution in [1.29, 1.82) is 0 Å². The highest BCUT2D eigenvalue weighted by Crippen LogP contribution is 2.36. The van der Waals surface area contributed by atoms with E-state index in [1.54, 1.807) is 34.4 Å². The number of thiophene rings is 1. The number of nitrogens with zero attached hydrogens (tertiary/aromatic N) is 2. The Kier molecular flexibility index (Phi) is 6.86. The average molecular weight is 511 g/mol. The number of halogens is 1. The van der Waals surface area contributed by atoms with Gasteiger partial charge in [0.05, 0.1) is 30.4 Å². The third kappa shape index (κ3) is 4.54. The Morgan fingerprint density at radius 2 is 1.94 bits per heavy atom. The van der Waals surface area contributed by atoms with Crippen LogP contribution in [0.1, 0.15) is 41.1 Å². The van der Waals surface area contributed by atoms with E-state index >= 15 is 0 Å². The van der Waals surface area contributed by atoms with Crippen molar-refractivity contribution >= 4 is 43.5 Å². The second-order valence-corrected chi connectivity index (χ2v) is 9.45. The van der Waals surface area contributed by atoms with Gasteiger partial charge in [-0.2, -0.15) is 0 Å². The summed E-state index contributed by atoms with van der Waals surface area (Å²) >= 11 is 5.05. The molecule has 2 aromatic carbocycles. The zero-order valence-electron chi connectivity index (χ0n) is 17.9. The van der Waals surface area contributed by atoms with E-state index in [9.17, 15) is 9.59 Å². The molecule has 0 N–H and O–H groups in total. The van der Waals surface area contributed by atoms with Crippen molar-refractivity contribution in [3.63, 3.8) is 0 Å². The van der Waals surface area contributed by atoms with E-state index in [1.807, 2.05) is 43.3 Å². The molecule has 164 valence electrons. The highest BCUT2D eigenvalue weighted by Gasteiger charge is 2.18. The van der Waals surface area contributed by atoms with Crippen molar-refractivity contribution in [3.8, 4) is 11.1 Å². The largest absolute Gasteiger partial charge is 0.462 e. The summed E-state index contributed by atoms with van der Waals surface area (Å²) in [4.78, 5) is 32.2. The molecule has 0 bridgehead atoms. The third-order valence-electron chi connectivity index (χ3n) is 5.16. The molecule has 0 spiro atoms. The molecule has 4 aromatic rings. The van der Waals surface area contributed by atoms with Crippen LogP contribution in [0.3, 0.4) is 0 Å². The molecular formula is C25H23BrN2O3S. The van der Waals surface area contributed by atoms with Gasteiger partial charge >= 0.3 is 5.97 Å². The Balaban J connectivity index is 1.75. The smallest absolute Gasteiger partial charge is 0.338 e. The summed E-state index contributed by atoms with van der Waals surface area (Å²) in [6, 6.07) is 15.2. The van der Waals surface area contributed by atoms with Crippen LogP contribution in [0.25, 0.3) is 21.3 Å². The van der Waals surface area contributed by atoms with Crippen molar-refractivity contribution in [2.75, 3.05) is 6.61 Å². The molecule has 0 radical (unpaired) electrons. The summed E-state index contributed by atoms with van der Waals surface area (Å²) < 4.78 is 7.83. The van der Waals surface area contributed by atoms with E-state index in [0.717, 1.165) is 43.7 Å². The van der Waals surface area contributed by atoms with Crippen LogP contribution in [-0.4, -0.2) is 22.1 Å². The molecule has 0 atom stereocenters. The van der Waals surface area contributed by atoms with Crippen LogP contribution in [0.5, 0.6) is 0 Å². The molecule has 0 aliphatic carbocycles. The maximum Gasteiger partial charge on any atom is 0.338 e. The number of aromatic nitrogens is 2. The molecule has 0 saturated carbocycles. The fourth-order valence-electron chi connectivity index (χ4n) is 3.63. The molecule has 0 saturated heterocycles. The van der Waals surface area contributed by atoms with Crippen LogP contribution in [0.2, 0.25) is 0 Å². The van der Waals surface area contributed by atoms with Crippen LogP contribution in [0.15, 0.2) is 64.1 Å². The standard InChI is InChI=1S/C25H23BrN2O3S/c1-3-12-31-25(30)18-7-5-6-16(13-18)14-28-15-27-23-22(24(28)29)21(20(4-2)32-23)17-8-10-19(26)11-9-17/h5-11,13,15H,3-4,12,14H2,1-2H3. The molecule has 0 aliphatic heterocycles. The lowest BCUT2D eigenvalue weighted by Gasteiger charge is -2.09. The molecule has 2 aromatic heterocycles. The van der Waals surface area contributed by atoms with Gasteiger partial charge in [-0.15, -0.1) is 11.3 Å². The summed E-state index contributed by atoms with van der Waals surface area (Å²) in [7, 11) is 0.